The Morgan fingerprint density at radius 2 is 2.00 bits per heavy atom. The van der Waals surface area contributed by atoms with Crippen LogP contribution in [-0.2, 0) is 0 Å². The molecule has 0 radical (unpaired) electrons. The quantitative estimate of drug-likeness (QED) is 0.535. The normalized spacial score (nSPS) is 14.9. The number of allylic oxidation sites excluding steroid dienone is 4. The van der Waals surface area contributed by atoms with Crippen molar-refractivity contribution in [3.8, 4) is 0 Å². The third kappa shape index (κ3) is 1.78. The number of halogens is 1. The highest BCUT2D eigenvalue weighted by Crippen LogP contribution is 2.35. The maximum Gasteiger partial charge on any atom is 0.136 e. The van der Waals surface area contributed by atoms with Gasteiger partial charge in [0.25, 0.3) is 0 Å². The summed E-state index contributed by atoms with van der Waals surface area (Å²) in [6, 6.07) is 12.2. The lowest BCUT2D eigenvalue weighted by Crippen LogP contribution is -1.87. The van der Waals surface area contributed by atoms with Crippen molar-refractivity contribution in [2.45, 2.75) is 12.8 Å². The van der Waals surface area contributed by atoms with Crippen molar-refractivity contribution in [2.24, 2.45) is 0 Å². The van der Waals surface area contributed by atoms with Gasteiger partial charge in [-0.3, -0.25) is 0 Å². The molecular formula is C18H13ClO. The van der Waals surface area contributed by atoms with Crippen LogP contribution in [0, 0.1) is 0 Å². The van der Waals surface area contributed by atoms with E-state index in [1.807, 2.05) is 18.2 Å². The number of hydrogen-bond acceptors (Lipinski definition) is 1. The molecule has 0 saturated heterocycles. The SMILES string of the molecule is Clc1cccc2oc3cc(C4=CC=CCC4)ccc3c12. The molecule has 1 aliphatic carbocycles. The summed E-state index contributed by atoms with van der Waals surface area (Å²) in [6.45, 7) is 0. The second kappa shape index (κ2) is 4.53. The van der Waals surface area contributed by atoms with Crippen LogP contribution >= 0.6 is 11.6 Å². The van der Waals surface area contributed by atoms with Gasteiger partial charge in [0.2, 0.25) is 0 Å². The molecular weight excluding hydrogens is 268 g/mol. The summed E-state index contributed by atoms with van der Waals surface area (Å²) in [6.07, 6.45) is 8.70. The Kier molecular flexibility index (Phi) is 2.68. The van der Waals surface area contributed by atoms with Gasteiger partial charge in [-0.25, -0.2) is 0 Å². The highest BCUT2D eigenvalue weighted by atomic mass is 35.5. The topological polar surface area (TPSA) is 13.1 Å². The first-order valence-corrected chi connectivity index (χ1v) is 7.17. The second-order valence-corrected chi connectivity index (χ2v) is 5.49. The third-order valence-corrected chi connectivity index (χ3v) is 4.15. The van der Waals surface area contributed by atoms with Crippen LogP contribution in [-0.4, -0.2) is 0 Å². The van der Waals surface area contributed by atoms with E-state index in [0.29, 0.717) is 0 Å². The average molecular weight is 281 g/mol. The Morgan fingerprint density at radius 3 is 2.85 bits per heavy atom. The average Bonchev–Trinajstić information content (AvgIpc) is 2.87. The van der Waals surface area contributed by atoms with Gasteiger partial charge in [0.15, 0.2) is 0 Å². The van der Waals surface area contributed by atoms with Gasteiger partial charge in [0, 0.05) is 10.8 Å². The molecule has 0 N–H and O–H groups in total. The minimum Gasteiger partial charge on any atom is -0.456 e. The molecule has 3 aromatic rings. The Bertz CT molecular complexity index is 868. The lowest BCUT2D eigenvalue weighted by molar-refractivity contribution is 0.669. The van der Waals surface area contributed by atoms with Crippen LogP contribution in [0.5, 0.6) is 0 Å². The van der Waals surface area contributed by atoms with Gasteiger partial charge >= 0.3 is 0 Å². The molecule has 0 amide bonds. The van der Waals surface area contributed by atoms with Crippen molar-refractivity contribution in [3.63, 3.8) is 0 Å². The van der Waals surface area contributed by atoms with E-state index in [4.69, 9.17) is 16.0 Å². The zero-order chi connectivity index (χ0) is 13.5. The highest BCUT2D eigenvalue weighted by Gasteiger charge is 2.11. The minimum atomic E-state index is 0.744. The van der Waals surface area contributed by atoms with Crippen LogP contribution in [0.25, 0.3) is 27.5 Å². The van der Waals surface area contributed by atoms with Gasteiger partial charge in [-0.2, -0.15) is 0 Å². The van der Waals surface area contributed by atoms with Gasteiger partial charge in [-0.05, 0) is 48.2 Å². The smallest absolute Gasteiger partial charge is 0.136 e. The number of furan rings is 1. The lowest BCUT2D eigenvalue weighted by atomic mass is 9.96. The summed E-state index contributed by atoms with van der Waals surface area (Å²) in [4.78, 5) is 0. The molecule has 0 atom stereocenters. The van der Waals surface area contributed by atoms with Crippen LogP contribution < -0.4 is 0 Å². The lowest BCUT2D eigenvalue weighted by Gasteiger charge is -2.08. The molecule has 0 spiro atoms. The Labute approximate surface area is 122 Å². The van der Waals surface area contributed by atoms with Crippen LogP contribution in [0.15, 0.2) is 59.0 Å². The molecule has 0 unspecified atom stereocenters. The fraction of sp³-hybridized carbons (Fsp3) is 0.111. The molecule has 2 heteroatoms. The Balaban J connectivity index is 1.96. The van der Waals surface area contributed by atoms with Gasteiger partial charge in [-0.15, -0.1) is 0 Å². The maximum absolute atomic E-state index is 6.29. The first-order chi connectivity index (χ1) is 9.83. The molecule has 98 valence electrons. The predicted octanol–water partition coefficient (Wildman–Crippen LogP) is 5.97. The first kappa shape index (κ1) is 11.8. The van der Waals surface area contributed by atoms with Crippen LogP contribution in [0.3, 0.4) is 0 Å². The largest absolute Gasteiger partial charge is 0.456 e. The van der Waals surface area contributed by atoms with Crippen molar-refractivity contribution in [1.29, 1.82) is 0 Å². The Morgan fingerprint density at radius 1 is 1.05 bits per heavy atom. The zero-order valence-electron chi connectivity index (χ0n) is 10.9. The van der Waals surface area contributed by atoms with E-state index >= 15 is 0 Å². The number of hydrogen-bond donors (Lipinski definition) is 0. The molecule has 2 aromatic carbocycles. The fourth-order valence-corrected chi connectivity index (χ4v) is 3.09. The van der Waals surface area contributed by atoms with Crippen molar-refractivity contribution >= 4 is 39.1 Å². The van der Waals surface area contributed by atoms with Crippen LogP contribution in [0.1, 0.15) is 18.4 Å². The van der Waals surface area contributed by atoms with Gasteiger partial charge in [0.1, 0.15) is 11.2 Å². The zero-order valence-corrected chi connectivity index (χ0v) is 11.7. The van der Waals surface area contributed by atoms with Crippen LogP contribution in [0.4, 0.5) is 0 Å². The van der Waals surface area contributed by atoms with Crippen molar-refractivity contribution in [1.82, 2.24) is 0 Å². The summed E-state index contributed by atoms with van der Waals surface area (Å²) in [7, 11) is 0. The molecule has 0 aliphatic heterocycles. The molecule has 1 aliphatic rings. The molecule has 20 heavy (non-hydrogen) atoms. The number of rotatable bonds is 1. The monoisotopic (exact) mass is 280 g/mol. The van der Waals surface area contributed by atoms with E-state index in [1.54, 1.807) is 0 Å². The third-order valence-electron chi connectivity index (χ3n) is 3.83. The van der Waals surface area contributed by atoms with E-state index in [0.717, 1.165) is 39.8 Å². The Hall–Kier alpha value is -1.99. The summed E-state index contributed by atoms with van der Waals surface area (Å²) in [5, 5.41) is 2.84. The molecule has 0 bridgehead atoms. The van der Waals surface area contributed by atoms with E-state index < -0.39 is 0 Å². The molecule has 0 saturated carbocycles. The number of benzene rings is 2. The van der Waals surface area contributed by atoms with Crippen molar-refractivity contribution < 1.29 is 4.42 Å². The standard InChI is InChI=1S/C18H13ClO/c19-15-7-4-8-16-18(15)14-10-9-13(11-17(14)20-16)12-5-2-1-3-6-12/h1-2,4-5,7-11H,3,6H2. The van der Waals surface area contributed by atoms with Crippen molar-refractivity contribution in [2.75, 3.05) is 0 Å². The minimum absolute atomic E-state index is 0.744. The highest BCUT2D eigenvalue weighted by molar-refractivity contribution is 6.37. The van der Waals surface area contributed by atoms with Gasteiger partial charge < -0.3 is 4.42 Å². The van der Waals surface area contributed by atoms with Gasteiger partial charge in [0.05, 0.1) is 5.02 Å². The summed E-state index contributed by atoms with van der Waals surface area (Å²) < 4.78 is 5.94. The second-order valence-electron chi connectivity index (χ2n) is 5.08. The predicted molar refractivity (Wildman–Crippen MR) is 85.1 cm³/mol. The molecule has 0 fully saturated rings. The summed E-state index contributed by atoms with van der Waals surface area (Å²) >= 11 is 6.29. The molecule has 1 nitrogen and oxygen atoms in total. The van der Waals surface area contributed by atoms with E-state index in [9.17, 15) is 0 Å². The van der Waals surface area contributed by atoms with E-state index in [1.165, 1.54) is 11.1 Å². The maximum atomic E-state index is 6.29. The van der Waals surface area contributed by atoms with Crippen molar-refractivity contribution in [3.05, 3.63) is 65.2 Å². The summed E-state index contributed by atoms with van der Waals surface area (Å²) in [5.74, 6) is 0. The van der Waals surface area contributed by atoms with Gasteiger partial charge in [-0.1, -0.05) is 42.0 Å². The molecule has 1 aromatic heterocycles. The molecule has 4 rings (SSSR count). The van der Waals surface area contributed by atoms with E-state index in [2.05, 4.69) is 36.4 Å². The first-order valence-electron chi connectivity index (χ1n) is 6.80. The number of fused-ring (bicyclic) bond motifs is 3. The van der Waals surface area contributed by atoms with Crippen LogP contribution in [0.2, 0.25) is 5.02 Å². The van der Waals surface area contributed by atoms with E-state index in [-0.39, 0.29) is 0 Å². The summed E-state index contributed by atoms with van der Waals surface area (Å²) in [5.41, 5.74) is 4.35. The fourth-order valence-electron chi connectivity index (χ4n) is 2.83. The molecule has 1 heterocycles.